The van der Waals surface area contributed by atoms with Crippen molar-refractivity contribution in [3.8, 4) is 0 Å². The van der Waals surface area contributed by atoms with E-state index >= 15 is 0 Å². The molecule has 0 amide bonds. The normalized spacial score (nSPS) is 16.3. The van der Waals surface area contributed by atoms with E-state index in [1.807, 2.05) is 19.1 Å². The van der Waals surface area contributed by atoms with Gasteiger partial charge in [0, 0.05) is 7.11 Å². The third kappa shape index (κ3) is 6.03. The summed E-state index contributed by atoms with van der Waals surface area (Å²) in [6, 6.07) is 0. The van der Waals surface area contributed by atoms with Crippen LogP contribution in [0.1, 0.15) is 13.8 Å². The summed E-state index contributed by atoms with van der Waals surface area (Å²) < 4.78 is 26.5. The summed E-state index contributed by atoms with van der Waals surface area (Å²) in [5.41, 5.74) is 0.872. The van der Waals surface area contributed by atoms with Gasteiger partial charge in [0.25, 0.3) is 0 Å². The third-order valence-electron chi connectivity index (χ3n) is 1.72. The van der Waals surface area contributed by atoms with Gasteiger partial charge in [-0.15, -0.1) is 0 Å². The Labute approximate surface area is 97.2 Å². The highest BCUT2D eigenvalue weighted by molar-refractivity contribution is 7.48. The van der Waals surface area contributed by atoms with E-state index < -0.39 is 7.82 Å². The van der Waals surface area contributed by atoms with Crippen molar-refractivity contribution in [3.63, 3.8) is 0 Å². The first-order valence-electron chi connectivity index (χ1n) is 5.01. The van der Waals surface area contributed by atoms with Crippen molar-refractivity contribution in [2.75, 3.05) is 20.3 Å². The Balaban J connectivity index is 4.34. The first-order valence-corrected chi connectivity index (χ1v) is 6.47. The van der Waals surface area contributed by atoms with E-state index in [0.29, 0.717) is 0 Å². The standard InChI is InChI=1S/C11H19O4P/c1-5-8-9-11(6-2)10-15-16(12,13-4)14-7-3/h5-6,8-9H,1,7,10H2,2-4H3/b9-8-,11-6+. The van der Waals surface area contributed by atoms with Crippen LogP contribution in [0.25, 0.3) is 0 Å². The number of hydrogen-bond acceptors (Lipinski definition) is 4. The van der Waals surface area contributed by atoms with E-state index in [1.54, 1.807) is 19.1 Å². The zero-order valence-corrected chi connectivity index (χ0v) is 10.9. The molecule has 0 rings (SSSR count). The van der Waals surface area contributed by atoms with Crippen LogP contribution in [0.2, 0.25) is 0 Å². The fourth-order valence-electron chi connectivity index (χ4n) is 0.874. The van der Waals surface area contributed by atoms with Crippen molar-refractivity contribution in [1.29, 1.82) is 0 Å². The molecular formula is C11H19O4P. The van der Waals surface area contributed by atoms with Gasteiger partial charge in [-0.3, -0.25) is 13.6 Å². The smallest absolute Gasteiger partial charge is 0.290 e. The maximum atomic E-state index is 11.7. The molecule has 0 fully saturated rings. The van der Waals surface area contributed by atoms with Gasteiger partial charge in [-0.05, 0) is 19.4 Å². The van der Waals surface area contributed by atoms with E-state index in [1.165, 1.54) is 7.11 Å². The van der Waals surface area contributed by atoms with Crippen molar-refractivity contribution in [1.82, 2.24) is 0 Å². The van der Waals surface area contributed by atoms with Gasteiger partial charge in [-0.25, -0.2) is 4.57 Å². The maximum absolute atomic E-state index is 11.7. The summed E-state index contributed by atoms with van der Waals surface area (Å²) in [5.74, 6) is 0. The lowest BCUT2D eigenvalue weighted by Gasteiger charge is -2.14. The van der Waals surface area contributed by atoms with Crippen LogP contribution in [-0.4, -0.2) is 20.3 Å². The molecule has 0 N–H and O–H groups in total. The highest BCUT2D eigenvalue weighted by atomic mass is 31.2. The van der Waals surface area contributed by atoms with Crippen LogP contribution in [0.5, 0.6) is 0 Å². The Morgan fingerprint density at radius 1 is 1.44 bits per heavy atom. The molecule has 5 heteroatoms. The fraction of sp³-hybridized carbons (Fsp3) is 0.455. The van der Waals surface area contributed by atoms with Gasteiger partial charge in [0.1, 0.15) is 0 Å². The number of allylic oxidation sites excluding steroid dienone is 3. The molecule has 4 nitrogen and oxygen atoms in total. The number of rotatable bonds is 8. The van der Waals surface area contributed by atoms with Gasteiger partial charge in [0.15, 0.2) is 0 Å². The molecule has 0 spiro atoms. The van der Waals surface area contributed by atoms with Crippen LogP contribution in [-0.2, 0) is 18.1 Å². The first-order chi connectivity index (χ1) is 7.61. The highest BCUT2D eigenvalue weighted by Gasteiger charge is 2.23. The Morgan fingerprint density at radius 2 is 2.12 bits per heavy atom. The summed E-state index contributed by atoms with van der Waals surface area (Å²) in [6.07, 6.45) is 7.10. The van der Waals surface area contributed by atoms with E-state index in [0.717, 1.165) is 5.57 Å². The number of hydrogen-bond donors (Lipinski definition) is 0. The van der Waals surface area contributed by atoms with Crippen molar-refractivity contribution in [2.45, 2.75) is 13.8 Å². The van der Waals surface area contributed by atoms with Crippen LogP contribution in [0.3, 0.4) is 0 Å². The minimum atomic E-state index is -3.40. The minimum absolute atomic E-state index is 0.173. The Morgan fingerprint density at radius 3 is 2.56 bits per heavy atom. The second-order valence-corrected chi connectivity index (χ2v) is 4.56. The molecule has 0 aromatic carbocycles. The van der Waals surface area contributed by atoms with Crippen molar-refractivity contribution < 1.29 is 18.1 Å². The van der Waals surface area contributed by atoms with Crippen LogP contribution in [0, 0.1) is 0 Å². The van der Waals surface area contributed by atoms with Crippen LogP contribution >= 0.6 is 7.82 Å². The lowest BCUT2D eigenvalue weighted by Crippen LogP contribution is -2.00. The lowest BCUT2D eigenvalue weighted by molar-refractivity contribution is 0.145. The van der Waals surface area contributed by atoms with Gasteiger partial charge < -0.3 is 0 Å². The molecule has 0 aliphatic carbocycles. The number of phosphoric ester groups is 1. The Kier molecular flexibility index (Phi) is 8.12. The largest absolute Gasteiger partial charge is 0.474 e. The van der Waals surface area contributed by atoms with Crippen LogP contribution < -0.4 is 0 Å². The molecule has 0 bridgehead atoms. The zero-order chi connectivity index (χ0) is 12.4. The van der Waals surface area contributed by atoms with Crippen molar-refractivity contribution in [3.05, 3.63) is 36.5 Å². The molecule has 0 saturated carbocycles. The number of phosphoric acid groups is 1. The average molecular weight is 246 g/mol. The zero-order valence-electron chi connectivity index (χ0n) is 10.0. The summed E-state index contributed by atoms with van der Waals surface area (Å²) in [6.45, 7) is 7.60. The molecule has 0 radical (unpaired) electrons. The molecular weight excluding hydrogens is 227 g/mol. The second-order valence-electron chi connectivity index (χ2n) is 2.78. The van der Waals surface area contributed by atoms with Gasteiger partial charge in [-0.1, -0.05) is 30.9 Å². The first kappa shape index (κ1) is 15.3. The van der Waals surface area contributed by atoms with Crippen molar-refractivity contribution in [2.24, 2.45) is 0 Å². The highest BCUT2D eigenvalue weighted by Crippen LogP contribution is 2.48. The molecule has 1 atom stereocenters. The van der Waals surface area contributed by atoms with E-state index in [-0.39, 0.29) is 13.2 Å². The lowest BCUT2D eigenvalue weighted by atomic mass is 10.2. The Hall–Kier alpha value is -0.670. The van der Waals surface area contributed by atoms with Gasteiger partial charge in [0.05, 0.1) is 13.2 Å². The summed E-state index contributed by atoms with van der Waals surface area (Å²) >= 11 is 0. The quantitative estimate of drug-likeness (QED) is 0.486. The molecule has 92 valence electrons. The Bertz CT molecular complexity index is 307. The average Bonchev–Trinajstić information content (AvgIpc) is 2.30. The van der Waals surface area contributed by atoms with E-state index in [4.69, 9.17) is 13.6 Å². The molecule has 0 aliphatic heterocycles. The second kappa shape index (κ2) is 8.48. The SMILES string of the molecule is C=C/C=C\C(=C/C)COP(=O)(OC)OCC. The van der Waals surface area contributed by atoms with Gasteiger partial charge in [0.2, 0.25) is 0 Å². The predicted molar refractivity (Wildman–Crippen MR) is 65.3 cm³/mol. The topological polar surface area (TPSA) is 44.8 Å². The molecule has 0 saturated heterocycles. The third-order valence-corrected chi connectivity index (χ3v) is 3.18. The van der Waals surface area contributed by atoms with Crippen molar-refractivity contribution >= 4 is 7.82 Å². The monoisotopic (exact) mass is 246 g/mol. The van der Waals surface area contributed by atoms with E-state index in [2.05, 4.69) is 6.58 Å². The van der Waals surface area contributed by atoms with Gasteiger partial charge >= 0.3 is 7.82 Å². The molecule has 1 unspecified atom stereocenters. The summed E-state index contributed by atoms with van der Waals surface area (Å²) in [4.78, 5) is 0. The van der Waals surface area contributed by atoms with E-state index in [9.17, 15) is 4.57 Å². The minimum Gasteiger partial charge on any atom is -0.290 e. The predicted octanol–water partition coefficient (Wildman–Crippen LogP) is 3.48. The fourth-order valence-corrected chi connectivity index (χ4v) is 1.78. The maximum Gasteiger partial charge on any atom is 0.474 e. The molecule has 0 heterocycles. The summed E-state index contributed by atoms with van der Waals surface area (Å²) in [7, 11) is -2.10. The molecule has 0 aromatic heterocycles. The van der Waals surface area contributed by atoms with Crippen LogP contribution in [0.15, 0.2) is 36.5 Å². The molecule has 16 heavy (non-hydrogen) atoms. The summed E-state index contributed by atoms with van der Waals surface area (Å²) in [5, 5.41) is 0. The molecule has 0 aromatic rings. The molecule has 0 aliphatic rings. The van der Waals surface area contributed by atoms with Crippen LogP contribution in [0.4, 0.5) is 0 Å². The van der Waals surface area contributed by atoms with Gasteiger partial charge in [-0.2, -0.15) is 0 Å².